The number of imide groups is 1. The molecule has 0 saturated carbocycles. The quantitative estimate of drug-likeness (QED) is 0.593. The predicted octanol–water partition coefficient (Wildman–Crippen LogP) is -0.155. The summed E-state index contributed by atoms with van der Waals surface area (Å²) in [6.07, 6.45) is 0. The molecule has 0 aromatic carbocycles. The van der Waals surface area contributed by atoms with Gasteiger partial charge in [-0.25, -0.2) is 0 Å². The summed E-state index contributed by atoms with van der Waals surface area (Å²) in [6, 6.07) is 0.168. The minimum Gasteiger partial charge on any atom is -0.312 e. The third-order valence-corrected chi connectivity index (χ3v) is 3.38. The Kier molecular flexibility index (Phi) is 2.10. The topological polar surface area (TPSA) is 49.4 Å². The van der Waals surface area contributed by atoms with Crippen molar-refractivity contribution in [3.8, 4) is 0 Å². The number of rotatable bonds is 1. The van der Waals surface area contributed by atoms with Crippen LogP contribution in [0.5, 0.6) is 0 Å². The van der Waals surface area contributed by atoms with E-state index in [1.54, 1.807) is 7.05 Å². The van der Waals surface area contributed by atoms with Gasteiger partial charge < -0.3 is 5.32 Å². The fourth-order valence-electron chi connectivity index (χ4n) is 2.57. The van der Waals surface area contributed by atoms with Crippen LogP contribution in [0.1, 0.15) is 13.8 Å². The summed E-state index contributed by atoms with van der Waals surface area (Å²) in [5, 5.41) is 3.27. The number of nitrogens with zero attached hydrogens (tertiary/aromatic N) is 1. The van der Waals surface area contributed by atoms with Crippen molar-refractivity contribution in [1.82, 2.24) is 10.2 Å². The van der Waals surface area contributed by atoms with Crippen molar-refractivity contribution in [3.05, 3.63) is 0 Å². The third kappa shape index (κ3) is 1.10. The van der Waals surface area contributed by atoms with Crippen molar-refractivity contribution in [2.45, 2.75) is 19.9 Å². The summed E-state index contributed by atoms with van der Waals surface area (Å²) in [5.74, 6) is 0.139. The van der Waals surface area contributed by atoms with Gasteiger partial charge in [0.15, 0.2) is 0 Å². The van der Waals surface area contributed by atoms with E-state index in [1.165, 1.54) is 4.90 Å². The molecule has 2 saturated heterocycles. The van der Waals surface area contributed by atoms with Gasteiger partial charge in [0, 0.05) is 19.6 Å². The van der Waals surface area contributed by atoms with Crippen LogP contribution in [-0.2, 0) is 9.59 Å². The van der Waals surface area contributed by atoms with Gasteiger partial charge in [-0.1, -0.05) is 13.8 Å². The molecule has 2 rings (SSSR count). The van der Waals surface area contributed by atoms with Crippen LogP contribution in [-0.4, -0.2) is 36.3 Å². The zero-order valence-corrected chi connectivity index (χ0v) is 8.78. The Labute approximate surface area is 83.6 Å². The number of amides is 2. The lowest BCUT2D eigenvalue weighted by Crippen LogP contribution is -2.39. The van der Waals surface area contributed by atoms with Crippen LogP contribution in [0.2, 0.25) is 0 Å². The van der Waals surface area contributed by atoms with E-state index in [1.807, 2.05) is 0 Å². The number of nitrogens with one attached hydrogen (secondary N) is 1. The standard InChI is InChI=1S/C10H16N2O2/c1-5(2)8-7-6(4-11-8)9(13)12(3)10(7)14/h5-8,11H,4H2,1-3H3. The molecule has 2 aliphatic heterocycles. The molecule has 78 valence electrons. The molecular formula is C10H16N2O2. The zero-order valence-electron chi connectivity index (χ0n) is 8.78. The fourth-order valence-corrected chi connectivity index (χ4v) is 2.57. The number of fused-ring (bicyclic) bond motifs is 1. The maximum absolute atomic E-state index is 11.8. The Hall–Kier alpha value is -0.900. The lowest BCUT2D eigenvalue weighted by atomic mass is 9.87. The highest BCUT2D eigenvalue weighted by Crippen LogP contribution is 2.34. The van der Waals surface area contributed by atoms with E-state index in [0.717, 1.165) is 0 Å². The molecule has 2 fully saturated rings. The van der Waals surface area contributed by atoms with Crippen LogP contribution < -0.4 is 5.32 Å². The van der Waals surface area contributed by atoms with Gasteiger partial charge in [0.2, 0.25) is 11.8 Å². The predicted molar refractivity (Wildman–Crippen MR) is 51.4 cm³/mol. The molecule has 14 heavy (non-hydrogen) atoms. The van der Waals surface area contributed by atoms with Gasteiger partial charge in [0.1, 0.15) is 0 Å². The molecule has 4 nitrogen and oxygen atoms in total. The normalized spacial score (nSPS) is 37.1. The van der Waals surface area contributed by atoms with E-state index in [2.05, 4.69) is 19.2 Å². The summed E-state index contributed by atoms with van der Waals surface area (Å²) in [6.45, 7) is 4.81. The number of hydrogen-bond donors (Lipinski definition) is 1. The molecule has 0 aromatic heterocycles. The van der Waals surface area contributed by atoms with Gasteiger partial charge in [-0.3, -0.25) is 14.5 Å². The van der Waals surface area contributed by atoms with Crippen LogP contribution in [0.4, 0.5) is 0 Å². The van der Waals surface area contributed by atoms with Gasteiger partial charge in [-0.2, -0.15) is 0 Å². The van der Waals surface area contributed by atoms with Crippen molar-refractivity contribution in [2.75, 3.05) is 13.6 Å². The second-order valence-electron chi connectivity index (χ2n) is 4.55. The first kappa shape index (κ1) is 9.65. The Bertz CT molecular complexity index is 288. The molecule has 2 heterocycles. The molecule has 0 spiro atoms. The zero-order chi connectivity index (χ0) is 10.5. The third-order valence-electron chi connectivity index (χ3n) is 3.38. The van der Waals surface area contributed by atoms with Gasteiger partial charge in [-0.05, 0) is 5.92 Å². The summed E-state index contributed by atoms with van der Waals surface area (Å²) in [5.41, 5.74) is 0. The second kappa shape index (κ2) is 3.05. The van der Waals surface area contributed by atoms with E-state index >= 15 is 0 Å². The second-order valence-corrected chi connectivity index (χ2v) is 4.55. The Balaban J connectivity index is 2.27. The lowest BCUT2D eigenvalue weighted by Gasteiger charge is -2.20. The smallest absolute Gasteiger partial charge is 0.234 e. The van der Waals surface area contributed by atoms with Crippen molar-refractivity contribution in [3.63, 3.8) is 0 Å². The first-order valence-electron chi connectivity index (χ1n) is 5.09. The van der Waals surface area contributed by atoms with Crippen molar-refractivity contribution in [1.29, 1.82) is 0 Å². The maximum Gasteiger partial charge on any atom is 0.234 e. The molecule has 0 bridgehead atoms. The lowest BCUT2D eigenvalue weighted by molar-refractivity contribution is -0.138. The maximum atomic E-state index is 11.8. The number of likely N-dealkylation sites (tertiary alicyclic amines) is 1. The highest BCUT2D eigenvalue weighted by Gasteiger charge is 2.53. The molecule has 3 atom stereocenters. The van der Waals surface area contributed by atoms with Gasteiger partial charge in [0.05, 0.1) is 11.8 Å². The molecule has 0 aliphatic carbocycles. The van der Waals surface area contributed by atoms with E-state index in [4.69, 9.17) is 0 Å². The average molecular weight is 196 g/mol. The Morgan fingerprint density at radius 1 is 1.36 bits per heavy atom. The molecular weight excluding hydrogens is 180 g/mol. The highest BCUT2D eigenvalue weighted by atomic mass is 16.2. The summed E-state index contributed by atoms with van der Waals surface area (Å²) >= 11 is 0. The first-order chi connectivity index (χ1) is 6.54. The summed E-state index contributed by atoms with van der Waals surface area (Å²) in [7, 11) is 1.58. The molecule has 0 aromatic rings. The molecule has 2 amide bonds. The monoisotopic (exact) mass is 196 g/mol. The van der Waals surface area contributed by atoms with Crippen molar-refractivity contribution >= 4 is 11.8 Å². The molecule has 1 N–H and O–H groups in total. The van der Waals surface area contributed by atoms with Gasteiger partial charge in [0.25, 0.3) is 0 Å². The average Bonchev–Trinajstić information content (AvgIpc) is 2.64. The summed E-state index contributed by atoms with van der Waals surface area (Å²) < 4.78 is 0. The molecule has 3 unspecified atom stereocenters. The van der Waals surface area contributed by atoms with Gasteiger partial charge >= 0.3 is 0 Å². The van der Waals surface area contributed by atoms with Crippen LogP contribution in [0.3, 0.4) is 0 Å². The van der Waals surface area contributed by atoms with E-state index in [-0.39, 0.29) is 29.7 Å². The van der Waals surface area contributed by atoms with Crippen LogP contribution in [0, 0.1) is 17.8 Å². The van der Waals surface area contributed by atoms with E-state index < -0.39 is 0 Å². The largest absolute Gasteiger partial charge is 0.312 e. The van der Waals surface area contributed by atoms with Crippen molar-refractivity contribution in [2.24, 2.45) is 17.8 Å². The summed E-state index contributed by atoms with van der Waals surface area (Å²) in [4.78, 5) is 24.7. The molecule has 0 radical (unpaired) electrons. The van der Waals surface area contributed by atoms with E-state index in [0.29, 0.717) is 12.5 Å². The van der Waals surface area contributed by atoms with Crippen molar-refractivity contribution < 1.29 is 9.59 Å². The van der Waals surface area contributed by atoms with Gasteiger partial charge in [-0.15, -0.1) is 0 Å². The SMILES string of the molecule is CC(C)C1NCC2C(=O)N(C)C(=O)C21. The number of hydrogen-bond acceptors (Lipinski definition) is 3. The minimum atomic E-state index is -0.118. The van der Waals surface area contributed by atoms with Crippen LogP contribution >= 0.6 is 0 Å². The Morgan fingerprint density at radius 3 is 2.57 bits per heavy atom. The minimum absolute atomic E-state index is 0.0105. The molecule has 4 heteroatoms. The Morgan fingerprint density at radius 2 is 2.00 bits per heavy atom. The molecule has 2 aliphatic rings. The van der Waals surface area contributed by atoms with E-state index in [9.17, 15) is 9.59 Å². The fraction of sp³-hybridized carbons (Fsp3) is 0.800. The first-order valence-corrected chi connectivity index (χ1v) is 5.09. The number of carbonyl (C=O) groups is 2. The van der Waals surface area contributed by atoms with Crippen LogP contribution in [0.25, 0.3) is 0 Å². The highest BCUT2D eigenvalue weighted by molar-refractivity contribution is 6.05. The number of carbonyl (C=O) groups excluding carboxylic acids is 2. The van der Waals surface area contributed by atoms with Crippen LogP contribution in [0.15, 0.2) is 0 Å².